The third-order valence-electron chi connectivity index (χ3n) is 3.71. The standard InChI is InChI=1S/C15H20N6/c1-2-13-19-20-15-14(10(17)6-5-9-16)18-11-7-3-4-8-12(11)21(13)15/h3-4,7-8,10H,2,5-6,9,16-17H2,1H3. The largest absolute Gasteiger partial charge is 0.330 e. The van der Waals surface area contributed by atoms with Gasteiger partial charge in [0.2, 0.25) is 0 Å². The van der Waals surface area contributed by atoms with Gasteiger partial charge in [0.15, 0.2) is 5.65 Å². The highest BCUT2D eigenvalue weighted by molar-refractivity contribution is 5.78. The quantitative estimate of drug-likeness (QED) is 0.741. The molecule has 0 saturated carbocycles. The molecule has 1 unspecified atom stereocenters. The maximum absolute atomic E-state index is 6.29. The molecule has 0 bridgehead atoms. The molecule has 2 heterocycles. The Balaban J connectivity index is 2.25. The number of nitrogens with two attached hydrogens (primary N) is 2. The molecule has 21 heavy (non-hydrogen) atoms. The van der Waals surface area contributed by atoms with E-state index in [1.54, 1.807) is 0 Å². The lowest BCUT2D eigenvalue weighted by Crippen LogP contribution is -2.16. The van der Waals surface area contributed by atoms with E-state index in [1.165, 1.54) is 0 Å². The normalized spacial score (nSPS) is 13.1. The summed E-state index contributed by atoms with van der Waals surface area (Å²) in [6, 6.07) is 7.83. The Morgan fingerprint density at radius 2 is 2.05 bits per heavy atom. The Kier molecular flexibility index (Phi) is 3.81. The zero-order valence-corrected chi connectivity index (χ0v) is 12.2. The average Bonchev–Trinajstić information content (AvgIpc) is 2.96. The van der Waals surface area contributed by atoms with Gasteiger partial charge in [-0.3, -0.25) is 4.40 Å². The lowest BCUT2D eigenvalue weighted by Gasteiger charge is -2.13. The molecular weight excluding hydrogens is 264 g/mol. The fourth-order valence-corrected chi connectivity index (χ4v) is 2.62. The van der Waals surface area contributed by atoms with Crippen LogP contribution in [0, 0.1) is 0 Å². The lowest BCUT2D eigenvalue weighted by molar-refractivity contribution is 0.606. The first-order valence-electron chi connectivity index (χ1n) is 7.34. The van der Waals surface area contributed by atoms with Crippen LogP contribution in [0.1, 0.15) is 37.3 Å². The van der Waals surface area contributed by atoms with E-state index in [4.69, 9.17) is 16.5 Å². The lowest BCUT2D eigenvalue weighted by atomic mass is 10.1. The van der Waals surface area contributed by atoms with Crippen LogP contribution >= 0.6 is 0 Å². The molecule has 0 fully saturated rings. The van der Waals surface area contributed by atoms with E-state index in [0.717, 1.165) is 47.5 Å². The number of hydrogen-bond donors (Lipinski definition) is 2. The number of aromatic nitrogens is 4. The summed E-state index contributed by atoms with van der Waals surface area (Å²) in [5, 5.41) is 8.59. The van der Waals surface area contributed by atoms with Crippen molar-refractivity contribution in [1.82, 2.24) is 19.6 Å². The highest BCUT2D eigenvalue weighted by Gasteiger charge is 2.18. The van der Waals surface area contributed by atoms with Crippen molar-refractivity contribution in [2.24, 2.45) is 11.5 Å². The molecule has 110 valence electrons. The highest BCUT2D eigenvalue weighted by atomic mass is 15.3. The van der Waals surface area contributed by atoms with Gasteiger partial charge in [-0.05, 0) is 31.5 Å². The fourth-order valence-electron chi connectivity index (χ4n) is 2.62. The molecule has 0 amide bonds. The molecule has 0 aliphatic carbocycles. The molecule has 0 aliphatic rings. The van der Waals surface area contributed by atoms with Gasteiger partial charge in [0.05, 0.1) is 17.1 Å². The zero-order chi connectivity index (χ0) is 14.8. The minimum absolute atomic E-state index is 0.172. The Bertz CT molecular complexity index is 763. The minimum Gasteiger partial charge on any atom is -0.330 e. The maximum Gasteiger partial charge on any atom is 0.184 e. The molecule has 0 saturated heterocycles. The number of benzene rings is 1. The van der Waals surface area contributed by atoms with E-state index >= 15 is 0 Å². The number of para-hydroxylation sites is 2. The monoisotopic (exact) mass is 284 g/mol. The van der Waals surface area contributed by atoms with Crippen LogP contribution in [-0.4, -0.2) is 26.1 Å². The second kappa shape index (κ2) is 5.75. The molecule has 6 nitrogen and oxygen atoms in total. The highest BCUT2D eigenvalue weighted by Crippen LogP contribution is 2.23. The van der Waals surface area contributed by atoms with E-state index < -0.39 is 0 Å². The molecule has 3 aromatic rings. The van der Waals surface area contributed by atoms with Crippen molar-refractivity contribution in [3.05, 3.63) is 35.8 Å². The molecular formula is C15H20N6. The second-order valence-electron chi connectivity index (χ2n) is 5.15. The Morgan fingerprint density at radius 1 is 1.24 bits per heavy atom. The van der Waals surface area contributed by atoms with Gasteiger partial charge in [-0.15, -0.1) is 10.2 Å². The van der Waals surface area contributed by atoms with Gasteiger partial charge in [-0.1, -0.05) is 19.1 Å². The number of fused-ring (bicyclic) bond motifs is 3. The van der Waals surface area contributed by atoms with Crippen molar-refractivity contribution in [3.63, 3.8) is 0 Å². The first kappa shape index (κ1) is 13.9. The van der Waals surface area contributed by atoms with Crippen LogP contribution in [0.5, 0.6) is 0 Å². The van der Waals surface area contributed by atoms with E-state index in [1.807, 2.05) is 24.3 Å². The molecule has 2 aromatic heterocycles. The molecule has 1 aromatic carbocycles. The summed E-state index contributed by atoms with van der Waals surface area (Å²) in [5.41, 5.74) is 15.4. The summed E-state index contributed by atoms with van der Waals surface area (Å²) in [5.74, 6) is 0.927. The van der Waals surface area contributed by atoms with Crippen LogP contribution in [0.3, 0.4) is 0 Å². The van der Waals surface area contributed by atoms with Crippen molar-refractivity contribution in [1.29, 1.82) is 0 Å². The number of nitrogens with zero attached hydrogens (tertiary/aromatic N) is 4. The van der Waals surface area contributed by atoms with E-state index in [0.29, 0.717) is 6.54 Å². The topological polar surface area (TPSA) is 95.1 Å². The Morgan fingerprint density at radius 3 is 2.81 bits per heavy atom. The van der Waals surface area contributed by atoms with Crippen molar-refractivity contribution >= 4 is 16.7 Å². The van der Waals surface area contributed by atoms with Crippen LogP contribution in [0.15, 0.2) is 24.3 Å². The average molecular weight is 284 g/mol. The van der Waals surface area contributed by atoms with E-state index in [2.05, 4.69) is 21.5 Å². The summed E-state index contributed by atoms with van der Waals surface area (Å²) in [7, 11) is 0. The molecule has 0 radical (unpaired) electrons. The van der Waals surface area contributed by atoms with Gasteiger partial charge < -0.3 is 11.5 Å². The van der Waals surface area contributed by atoms with Crippen LogP contribution < -0.4 is 11.5 Å². The molecule has 0 aliphatic heterocycles. The molecule has 4 N–H and O–H groups in total. The summed E-state index contributed by atoms with van der Waals surface area (Å²) < 4.78 is 2.07. The predicted molar refractivity (Wildman–Crippen MR) is 82.9 cm³/mol. The summed E-state index contributed by atoms with van der Waals surface area (Å²) in [6.45, 7) is 2.70. The molecule has 3 rings (SSSR count). The van der Waals surface area contributed by atoms with Gasteiger partial charge in [0, 0.05) is 6.42 Å². The van der Waals surface area contributed by atoms with Crippen molar-refractivity contribution in [3.8, 4) is 0 Å². The molecule has 6 heteroatoms. The third-order valence-corrected chi connectivity index (χ3v) is 3.71. The van der Waals surface area contributed by atoms with Crippen LogP contribution in [0.2, 0.25) is 0 Å². The molecule has 1 atom stereocenters. The molecule has 0 spiro atoms. The van der Waals surface area contributed by atoms with Crippen molar-refractivity contribution < 1.29 is 0 Å². The number of aryl methyl sites for hydroxylation is 1. The summed E-state index contributed by atoms with van der Waals surface area (Å²) >= 11 is 0. The van der Waals surface area contributed by atoms with Crippen LogP contribution in [0.25, 0.3) is 16.7 Å². The Labute approximate surface area is 123 Å². The predicted octanol–water partition coefficient (Wildman–Crippen LogP) is 1.58. The summed E-state index contributed by atoms with van der Waals surface area (Å²) in [6.07, 6.45) is 2.48. The third kappa shape index (κ3) is 2.36. The SMILES string of the molecule is CCc1nnc2c(C(N)CCCN)nc3ccccc3n12. The minimum atomic E-state index is -0.172. The smallest absolute Gasteiger partial charge is 0.184 e. The fraction of sp³-hybridized carbons (Fsp3) is 0.400. The van der Waals surface area contributed by atoms with Gasteiger partial charge in [-0.25, -0.2) is 4.98 Å². The van der Waals surface area contributed by atoms with Crippen molar-refractivity contribution in [2.45, 2.75) is 32.2 Å². The number of rotatable bonds is 5. The second-order valence-corrected chi connectivity index (χ2v) is 5.15. The van der Waals surface area contributed by atoms with E-state index in [9.17, 15) is 0 Å². The van der Waals surface area contributed by atoms with E-state index in [-0.39, 0.29) is 6.04 Å². The first-order chi connectivity index (χ1) is 10.3. The van der Waals surface area contributed by atoms with Gasteiger partial charge in [0.1, 0.15) is 11.5 Å². The first-order valence-corrected chi connectivity index (χ1v) is 7.34. The van der Waals surface area contributed by atoms with Gasteiger partial charge in [0.25, 0.3) is 0 Å². The van der Waals surface area contributed by atoms with Gasteiger partial charge >= 0.3 is 0 Å². The van der Waals surface area contributed by atoms with Crippen LogP contribution in [0.4, 0.5) is 0 Å². The van der Waals surface area contributed by atoms with Crippen molar-refractivity contribution in [2.75, 3.05) is 6.54 Å². The van der Waals surface area contributed by atoms with Gasteiger partial charge in [-0.2, -0.15) is 0 Å². The zero-order valence-electron chi connectivity index (χ0n) is 12.2. The summed E-state index contributed by atoms with van der Waals surface area (Å²) in [4.78, 5) is 4.71. The van der Waals surface area contributed by atoms with Crippen LogP contribution in [-0.2, 0) is 6.42 Å². The Hall–Kier alpha value is -2.05. The maximum atomic E-state index is 6.29. The number of hydrogen-bond acceptors (Lipinski definition) is 5.